The van der Waals surface area contributed by atoms with Gasteiger partial charge in [0, 0.05) is 56.2 Å². The number of hydrogen-bond donors (Lipinski definition) is 4. The van der Waals surface area contributed by atoms with Crippen molar-refractivity contribution in [2.24, 2.45) is 5.73 Å². The Balaban J connectivity index is 1.53. The number of nitrogens with zero attached hydrogens (tertiary/aromatic N) is 3. The van der Waals surface area contributed by atoms with Gasteiger partial charge in [-0.2, -0.15) is 0 Å². The molecule has 0 spiro atoms. The number of carboxylic acid groups (broad SMARTS) is 1. The molecule has 3 aromatic carbocycles. The molecule has 3 aromatic rings. The minimum absolute atomic E-state index is 0.0376. The molecule has 0 aromatic heterocycles. The standard InChI is InChI=1S/C28H34N6O2/c1-20(29)32-12-2-13-33(16-15-32)25-7-9-26(10-8-25)34(14-11-27(35)36)19-21-3-4-22-5-6-23(28(30)31)18-24(22)17-21/h3-10,17-18,29H,2,11-16,19H2,1H3,(H3,30,31)(H,35,36). The lowest BCUT2D eigenvalue weighted by atomic mass is 10.0. The van der Waals surface area contributed by atoms with E-state index in [1.54, 1.807) is 0 Å². The molecule has 0 amide bonds. The molecule has 8 nitrogen and oxygen atoms in total. The van der Waals surface area contributed by atoms with Crippen LogP contribution in [-0.2, 0) is 11.3 Å². The van der Waals surface area contributed by atoms with E-state index < -0.39 is 5.97 Å². The van der Waals surface area contributed by atoms with Gasteiger partial charge < -0.3 is 25.5 Å². The van der Waals surface area contributed by atoms with Gasteiger partial charge in [0.1, 0.15) is 5.84 Å². The number of aliphatic carboxylic acids is 1. The molecule has 0 aliphatic carbocycles. The van der Waals surface area contributed by atoms with Crippen molar-refractivity contribution in [1.29, 1.82) is 10.8 Å². The first kappa shape index (κ1) is 25.0. The van der Waals surface area contributed by atoms with Gasteiger partial charge in [0.25, 0.3) is 0 Å². The van der Waals surface area contributed by atoms with E-state index in [1.165, 1.54) is 0 Å². The SMILES string of the molecule is CC(=N)N1CCCN(c2ccc(N(CCC(=O)O)Cc3ccc4ccc(C(=N)N)cc4c3)cc2)CC1. The molecule has 0 unspecified atom stereocenters. The maximum Gasteiger partial charge on any atom is 0.305 e. The van der Waals surface area contributed by atoms with Crippen LogP contribution in [0, 0.1) is 10.8 Å². The molecule has 0 bridgehead atoms. The summed E-state index contributed by atoms with van der Waals surface area (Å²) in [6.07, 6.45) is 1.06. The minimum Gasteiger partial charge on any atom is -0.481 e. The highest BCUT2D eigenvalue weighted by Gasteiger charge is 2.16. The van der Waals surface area contributed by atoms with Crippen molar-refractivity contribution in [3.63, 3.8) is 0 Å². The average Bonchev–Trinajstić information content (AvgIpc) is 3.13. The zero-order chi connectivity index (χ0) is 25.7. The highest BCUT2D eigenvalue weighted by molar-refractivity contribution is 5.99. The summed E-state index contributed by atoms with van der Waals surface area (Å²) < 4.78 is 0. The first-order valence-electron chi connectivity index (χ1n) is 12.3. The Morgan fingerprint density at radius 3 is 2.42 bits per heavy atom. The molecule has 1 aliphatic rings. The minimum atomic E-state index is -0.822. The lowest BCUT2D eigenvalue weighted by Crippen LogP contribution is -2.33. The topological polar surface area (TPSA) is 121 Å². The molecule has 188 valence electrons. The van der Waals surface area contributed by atoms with E-state index in [-0.39, 0.29) is 12.3 Å². The van der Waals surface area contributed by atoms with Gasteiger partial charge in [-0.15, -0.1) is 0 Å². The van der Waals surface area contributed by atoms with E-state index in [1.807, 2.05) is 31.2 Å². The molecule has 8 heteroatoms. The zero-order valence-corrected chi connectivity index (χ0v) is 20.7. The fourth-order valence-electron chi connectivity index (χ4n) is 4.70. The molecular weight excluding hydrogens is 452 g/mol. The zero-order valence-electron chi connectivity index (χ0n) is 20.7. The number of fused-ring (bicyclic) bond motifs is 1. The number of nitrogens with two attached hydrogens (primary N) is 1. The molecule has 1 fully saturated rings. The Labute approximate surface area is 211 Å². The molecule has 1 heterocycles. The number of amidine groups is 2. The summed E-state index contributed by atoms with van der Waals surface area (Å²) in [5.41, 5.74) is 9.53. The van der Waals surface area contributed by atoms with Crippen LogP contribution >= 0.6 is 0 Å². The van der Waals surface area contributed by atoms with Gasteiger partial charge in [0.05, 0.1) is 12.3 Å². The van der Waals surface area contributed by atoms with Crippen molar-refractivity contribution in [1.82, 2.24) is 4.90 Å². The lowest BCUT2D eigenvalue weighted by Gasteiger charge is -2.27. The first-order chi connectivity index (χ1) is 17.3. The largest absolute Gasteiger partial charge is 0.481 e. The maximum atomic E-state index is 11.3. The predicted molar refractivity (Wildman–Crippen MR) is 147 cm³/mol. The van der Waals surface area contributed by atoms with Gasteiger partial charge in [0.15, 0.2) is 0 Å². The first-order valence-corrected chi connectivity index (χ1v) is 12.3. The van der Waals surface area contributed by atoms with Crippen LogP contribution in [0.5, 0.6) is 0 Å². The van der Waals surface area contributed by atoms with Crippen molar-refractivity contribution >= 4 is 39.8 Å². The monoisotopic (exact) mass is 486 g/mol. The third-order valence-electron chi connectivity index (χ3n) is 6.73. The number of carbonyl (C=O) groups is 1. The smallest absolute Gasteiger partial charge is 0.305 e. The Morgan fingerprint density at radius 1 is 0.972 bits per heavy atom. The normalized spacial score (nSPS) is 13.9. The fraction of sp³-hybridized carbons (Fsp3) is 0.321. The van der Waals surface area contributed by atoms with E-state index in [0.717, 1.165) is 60.3 Å². The Bertz CT molecular complexity index is 1260. The van der Waals surface area contributed by atoms with E-state index in [2.05, 4.69) is 51.1 Å². The summed E-state index contributed by atoms with van der Waals surface area (Å²) >= 11 is 0. The molecule has 5 N–H and O–H groups in total. The van der Waals surface area contributed by atoms with Gasteiger partial charge in [-0.3, -0.25) is 15.6 Å². The van der Waals surface area contributed by atoms with Crippen LogP contribution in [0.4, 0.5) is 11.4 Å². The number of carboxylic acids is 1. The molecule has 0 atom stereocenters. The Hall–Kier alpha value is -4.07. The number of benzene rings is 3. The van der Waals surface area contributed by atoms with E-state index >= 15 is 0 Å². The van der Waals surface area contributed by atoms with Crippen molar-refractivity contribution in [2.45, 2.75) is 26.3 Å². The summed E-state index contributed by atoms with van der Waals surface area (Å²) in [6.45, 7) is 6.39. The molecule has 1 aliphatic heterocycles. The predicted octanol–water partition coefficient (Wildman–Crippen LogP) is 4.11. The molecule has 36 heavy (non-hydrogen) atoms. The maximum absolute atomic E-state index is 11.3. The quantitative estimate of drug-likeness (QED) is 0.281. The number of anilines is 2. The third-order valence-corrected chi connectivity index (χ3v) is 6.73. The van der Waals surface area contributed by atoms with Crippen LogP contribution < -0.4 is 15.5 Å². The number of hydrogen-bond acceptors (Lipinski definition) is 5. The third kappa shape index (κ3) is 6.13. The number of rotatable bonds is 8. The van der Waals surface area contributed by atoms with Crippen molar-refractivity contribution < 1.29 is 9.90 Å². The number of nitrogen functional groups attached to an aromatic ring is 1. The van der Waals surface area contributed by atoms with Gasteiger partial charge >= 0.3 is 5.97 Å². The fourth-order valence-corrected chi connectivity index (χ4v) is 4.70. The molecular formula is C28H34N6O2. The van der Waals surface area contributed by atoms with Crippen LogP contribution in [0.2, 0.25) is 0 Å². The number of nitrogens with one attached hydrogen (secondary N) is 2. The van der Waals surface area contributed by atoms with Gasteiger partial charge in [-0.1, -0.05) is 24.3 Å². The average molecular weight is 487 g/mol. The Kier molecular flexibility index (Phi) is 7.73. The van der Waals surface area contributed by atoms with Crippen molar-refractivity contribution in [2.75, 3.05) is 42.5 Å². The van der Waals surface area contributed by atoms with Gasteiger partial charge in [-0.05, 0) is 66.1 Å². The highest BCUT2D eigenvalue weighted by atomic mass is 16.4. The van der Waals surface area contributed by atoms with E-state index in [0.29, 0.717) is 24.5 Å². The summed E-state index contributed by atoms with van der Waals surface area (Å²) in [6, 6.07) is 20.3. The van der Waals surface area contributed by atoms with Crippen molar-refractivity contribution in [3.8, 4) is 0 Å². The van der Waals surface area contributed by atoms with Crippen LogP contribution in [0.3, 0.4) is 0 Å². The van der Waals surface area contributed by atoms with Gasteiger partial charge in [0.2, 0.25) is 0 Å². The van der Waals surface area contributed by atoms with Crippen LogP contribution in [0.25, 0.3) is 10.8 Å². The van der Waals surface area contributed by atoms with Crippen LogP contribution in [0.1, 0.15) is 30.9 Å². The molecule has 1 saturated heterocycles. The Morgan fingerprint density at radius 2 is 1.72 bits per heavy atom. The second kappa shape index (κ2) is 11.1. The van der Waals surface area contributed by atoms with Crippen molar-refractivity contribution in [3.05, 3.63) is 71.8 Å². The van der Waals surface area contributed by atoms with E-state index in [4.69, 9.17) is 16.6 Å². The summed E-state index contributed by atoms with van der Waals surface area (Å²) in [4.78, 5) is 17.9. The summed E-state index contributed by atoms with van der Waals surface area (Å²) in [5.74, 6) is -0.167. The van der Waals surface area contributed by atoms with Crippen LogP contribution in [0.15, 0.2) is 60.7 Å². The summed E-state index contributed by atoms with van der Waals surface area (Å²) in [5, 5.41) is 27.0. The lowest BCUT2D eigenvalue weighted by molar-refractivity contribution is -0.136. The molecule has 0 saturated carbocycles. The summed E-state index contributed by atoms with van der Waals surface area (Å²) in [7, 11) is 0. The van der Waals surface area contributed by atoms with E-state index in [9.17, 15) is 9.90 Å². The second-order valence-electron chi connectivity index (χ2n) is 9.30. The molecule has 4 rings (SSSR count). The second-order valence-corrected chi connectivity index (χ2v) is 9.30. The highest BCUT2D eigenvalue weighted by Crippen LogP contribution is 2.25. The van der Waals surface area contributed by atoms with Gasteiger partial charge in [-0.25, -0.2) is 0 Å². The molecule has 0 radical (unpaired) electrons. The van der Waals surface area contributed by atoms with Crippen LogP contribution in [-0.4, -0.2) is 60.4 Å².